The molecule has 1 atom stereocenters. The van der Waals surface area contributed by atoms with Gasteiger partial charge in [-0.3, -0.25) is 14.3 Å². The van der Waals surface area contributed by atoms with Crippen molar-refractivity contribution in [2.24, 2.45) is 11.3 Å². The maximum absolute atomic E-state index is 13.6. The Kier molecular flexibility index (Phi) is 4.89. The predicted molar refractivity (Wildman–Crippen MR) is 87.7 cm³/mol. The third kappa shape index (κ3) is 3.31. The first-order valence-corrected chi connectivity index (χ1v) is 8.40. The van der Waals surface area contributed by atoms with Crippen molar-refractivity contribution in [1.29, 1.82) is 0 Å². The van der Waals surface area contributed by atoms with Gasteiger partial charge in [0.05, 0.1) is 22.7 Å². The summed E-state index contributed by atoms with van der Waals surface area (Å²) in [7, 11) is 0. The number of nitrogens with zero attached hydrogens (tertiary/aromatic N) is 3. The van der Waals surface area contributed by atoms with Crippen LogP contribution in [0.5, 0.6) is 0 Å². The molecule has 1 aliphatic rings. The van der Waals surface area contributed by atoms with Gasteiger partial charge >= 0.3 is 12.1 Å². The number of hydrogen-bond donors (Lipinski definition) is 1. The molecule has 1 amide bonds. The SMILES string of the molecule is CC(C)C1(C(=O)O)CCN(C(=O)c2cnn(C(C)(C)C)c2C(F)(F)F)C1. The molecule has 0 radical (unpaired) electrons. The summed E-state index contributed by atoms with van der Waals surface area (Å²) >= 11 is 0. The molecule has 0 spiro atoms. The van der Waals surface area contributed by atoms with E-state index in [0.29, 0.717) is 0 Å². The van der Waals surface area contributed by atoms with Gasteiger partial charge in [-0.05, 0) is 33.1 Å². The normalized spacial score (nSPS) is 21.5. The number of likely N-dealkylation sites (tertiary alicyclic amines) is 1. The Bertz CT molecular complexity index is 719. The third-order valence-electron chi connectivity index (χ3n) is 5.02. The lowest BCUT2D eigenvalue weighted by Gasteiger charge is -2.29. The summed E-state index contributed by atoms with van der Waals surface area (Å²) in [6, 6.07) is 0. The number of carboxylic acids is 1. The van der Waals surface area contributed by atoms with E-state index in [9.17, 15) is 27.9 Å². The molecule has 1 aromatic rings. The number of carboxylic acid groups (broad SMARTS) is 1. The van der Waals surface area contributed by atoms with Crippen LogP contribution >= 0.6 is 0 Å². The van der Waals surface area contributed by atoms with E-state index < -0.39 is 40.3 Å². The number of aliphatic carboxylic acids is 1. The van der Waals surface area contributed by atoms with Gasteiger partial charge in [-0.15, -0.1) is 0 Å². The van der Waals surface area contributed by atoms with Crippen LogP contribution in [0.25, 0.3) is 0 Å². The van der Waals surface area contributed by atoms with Gasteiger partial charge in [0, 0.05) is 13.1 Å². The van der Waals surface area contributed by atoms with Crippen LogP contribution in [-0.4, -0.2) is 44.8 Å². The standard InChI is InChI=1S/C17H24F3N3O3/c1-10(2)16(14(25)26)6-7-22(9-16)13(24)11-8-21-23(15(3,4)5)12(11)17(18,19)20/h8,10H,6-7,9H2,1-5H3,(H,25,26). The quantitative estimate of drug-likeness (QED) is 0.880. The largest absolute Gasteiger partial charge is 0.481 e. The highest BCUT2D eigenvalue weighted by molar-refractivity contribution is 5.96. The molecule has 9 heteroatoms. The van der Waals surface area contributed by atoms with E-state index in [1.54, 1.807) is 34.6 Å². The van der Waals surface area contributed by atoms with Crippen LogP contribution in [0, 0.1) is 11.3 Å². The Morgan fingerprint density at radius 3 is 2.23 bits per heavy atom. The topological polar surface area (TPSA) is 75.4 Å². The van der Waals surface area contributed by atoms with Crippen molar-refractivity contribution in [3.63, 3.8) is 0 Å². The molecule has 1 saturated heterocycles. The minimum atomic E-state index is -4.75. The minimum Gasteiger partial charge on any atom is -0.481 e. The molecule has 0 aliphatic carbocycles. The minimum absolute atomic E-state index is 0.0985. The second kappa shape index (κ2) is 6.28. The van der Waals surface area contributed by atoms with Crippen LogP contribution in [0.15, 0.2) is 6.20 Å². The highest BCUT2D eigenvalue weighted by Crippen LogP contribution is 2.40. The molecule has 0 saturated carbocycles. The zero-order valence-corrected chi connectivity index (χ0v) is 15.5. The maximum atomic E-state index is 13.6. The van der Waals surface area contributed by atoms with Gasteiger partial charge in [0.1, 0.15) is 0 Å². The Morgan fingerprint density at radius 1 is 1.27 bits per heavy atom. The summed E-state index contributed by atoms with van der Waals surface area (Å²) in [6.07, 6.45) is -3.62. The molecule has 1 fully saturated rings. The summed E-state index contributed by atoms with van der Waals surface area (Å²) in [6.45, 7) is 8.15. The van der Waals surface area contributed by atoms with Crippen LogP contribution < -0.4 is 0 Å². The van der Waals surface area contributed by atoms with Gasteiger partial charge in [0.2, 0.25) is 0 Å². The highest BCUT2D eigenvalue weighted by atomic mass is 19.4. The maximum Gasteiger partial charge on any atom is 0.433 e. The smallest absolute Gasteiger partial charge is 0.433 e. The molecule has 1 aliphatic heterocycles. The van der Waals surface area contributed by atoms with Crippen molar-refractivity contribution in [2.75, 3.05) is 13.1 Å². The van der Waals surface area contributed by atoms with Crippen LogP contribution in [0.1, 0.15) is 57.1 Å². The van der Waals surface area contributed by atoms with Gasteiger partial charge in [-0.1, -0.05) is 13.8 Å². The number of hydrogen-bond acceptors (Lipinski definition) is 3. The fraction of sp³-hybridized carbons (Fsp3) is 0.706. The lowest BCUT2D eigenvalue weighted by Crippen LogP contribution is -2.41. The number of alkyl halides is 3. The van der Waals surface area contributed by atoms with Crippen LogP contribution in [0.3, 0.4) is 0 Å². The second-order valence-electron chi connectivity index (χ2n) is 8.08. The van der Waals surface area contributed by atoms with E-state index in [4.69, 9.17) is 0 Å². The monoisotopic (exact) mass is 375 g/mol. The number of amides is 1. The third-order valence-corrected chi connectivity index (χ3v) is 5.02. The summed E-state index contributed by atoms with van der Waals surface area (Å²) in [5, 5.41) is 13.4. The molecule has 0 aromatic carbocycles. The number of halogens is 3. The van der Waals surface area contributed by atoms with E-state index in [1.165, 1.54) is 4.90 Å². The Balaban J connectivity index is 2.43. The summed E-state index contributed by atoms with van der Waals surface area (Å²) < 4.78 is 41.6. The molecule has 146 valence electrons. The Morgan fingerprint density at radius 2 is 1.85 bits per heavy atom. The van der Waals surface area contributed by atoms with Crippen molar-refractivity contribution in [1.82, 2.24) is 14.7 Å². The van der Waals surface area contributed by atoms with E-state index in [1.807, 2.05) is 0 Å². The van der Waals surface area contributed by atoms with E-state index in [0.717, 1.165) is 10.9 Å². The average molecular weight is 375 g/mol. The average Bonchev–Trinajstić information content (AvgIpc) is 3.11. The van der Waals surface area contributed by atoms with Crippen LogP contribution in [-0.2, 0) is 16.5 Å². The predicted octanol–water partition coefficient (Wildman–Crippen LogP) is 3.23. The van der Waals surface area contributed by atoms with Crippen molar-refractivity contribution < 1.29 is 27.9 Å². The van der Waals surface area contributed by atoms with Gasteiger partial charge < -0.3 is 10.0 Å². The molecule has 1 aromatic heterocycles. The Hall–Kier alpha value is -2.06. The van der Waals surface area contributed by atoms with E-state index >= 15 is 0 Å². The van der Waals surface area contributed by atoms with Gasteiger partial charge in [0.15, 0.2) is 5.69 Å². The van der Waals surface area contributed by atoms with Crippen LogP contribution in [0.4, 0.5) is 13.2 Å². The molecule has 26 heavy (non-hydrogen) atoms. The molecular weight excluding hydrogens is 351 g/mol. The van der Waals surface area contributed by atoms with Gasteiger partial charge in [0.25, 0.3) is 5.91 Å². The first kappa shape index (κ1) is 20.3. The highest BCUT2D eigenvalue weighted by Gasteiger charge is 2.50. The molecule has 1 unspecified atom stereocenters. The van der Waals surface area contributed by atoms with Crippen LogP contribution in [0.2, 0.25) is 0 Å². The molecule has 6 nitrogen and oxygen atoms in total. The first-order chi connectivity index (χ1) is 11.7. The fourth-order valence-electron chi connectivity index (χ4n) is 3.36. The lowest BCUT2D eigenvalue weighted by molar-refractivity contribution is -0.151. The molecule has 2 rings (SSSR count). The van der Waals surface area contributed by atoms with Crippen molar-refractivity contribution in [3.8, 4) is 0 Å². The van der Waals surface area contributed by atoms with Crippen molar-refractivity contribution in [2.45, 2.75) is 52.8 Å². The van der Waals surface area contributed by atoms with Gasteiger partial charge in [-0.2, -0.15) is 18.3 Å². The number of aromatic nitrogens is 2. The lowest BCUT2D eigenvalue weighted by atomic mass is 9.76. The fourth-order valence-corrected chi connectivity index (χ4v) is 3.36. The Labute approximate surface area is 150 Å². The molecule has 0 bridgehead atoms. The molecule has 1 N–H and O–H groups in total. The van der Waals surface area contributed by atoms with E-state index in [2.05, 4.69) is 5.10 Å². The zero-order chi connectivity index (χ0) is 20.1. The summed E-state index contributed by atoms with van der Waals surface area (Å²) in [5.74, 6) is -2.13. The molecule has 2 heterocycles. The number of carbonyl (C=O) groups is 2. The van der Waals surface area contributed by atoms with Crippen molar-refractivity contribution >= 4 is 11.9 Å². The number of carbonyl (C=O) groups excluding carboxylic acids is 1. The van der Waals surface area contributed by atoms with Crippen molar-refractivity contribution in [3.05, 3.63) is 17.5 Å². The first-order valence-electron chi connectivity index (χ1n) is 8.40. The van der Waals surface area contributed by atoms with Gasteiger partial charge in [-0.25, -0.2) is 0 Å². The number of rotatable bonds is 3. The summed E-state index contributed by atoms with van der Waals surface area (Å²) in [4.78, 5) is 25.7. The molecular formula is C17H24F3N3O3. The van der Waals surface area contributed by atoms with E-state index in [-0.39, 0.29) is 25.4 Å². The zero-order valence-electron chi connectivity index (χ0n) is 15.5. The second-order valence-corrected chi connectivity index (χ2v) is 8.08. The summed E-state index contributed by atoms with van der Waals surface area (Å²) in [5.41, 5.74) is -3.75.